The first-order valence-corrected chi connectivity index (χ1v) is 5.18. The van der Waals surface area contributed by atoms with E-state index in [2.05, 4.69) is 13.8 Å². The third-order valence-electron chi connectivity index (χ3n) is 1.71. The van der Waals surface area contributed by atoms with Crippen molar-refractivity contribution in [2.75, 3.05) is 26.4 Å². The summed E-state index contributed by atoms with van der Waals surface area (Å²) < 4.78 is 10.4. The van der Waals surface area contributed by atoms with Crippen molar-refractivity contribution in [2.45, 2.75) is 26.3 Å². The van der Waals surface area contributed by atoms with Gasteiger partial charge in [0.1, 0.15) is 6.04 Å². The normalized spacial score (nSPS) is 13.1. The lowest BCUT2D eigenvalue weighted by molar-refractivity contribution is -0.139. The number of carboxylic acid groups (broad SMARTS) is 1. The zero-order chi connectivity index (χ0) is 11.7. The Morgan fingerprint density at radius 3 is 2.40 bits per heavy atom. The summed E-state index contributed by atoms with van der Waals surface area (Å²) in [5, 5.41) is 8.48. The van der Waals surface area contributed by atoms with Gasteiger partial charge < -0.3 is 20.3 Å². The molecule has 0 heterocycles. The molecule has 0 aromatic rings. The zero-order valence-electron chi connectivity index (χ0n) is 9.44. The number of rotatable bonds is 9. The second-order valence-electron chi connectivity index (χ2n) is 3.81. The number of ether oxygens (including phenoxy) is 2. The van der Waals surface area contributed by atoms with Crippen molar-refractivity contribution in [3.63, 3.8) is 0 Å². The molecular weight excluding hydrogens is 198 g/mol. The van der Waals surface area contributed by atoms with E-state index in [4.69, 9.17) is 20.3 Å². The molecule has 15 heavy (non-hydrogen) atoms. The van der Waals surface area contributed by atoms with E-state index in [0.717, 1.165) is 6.61 Å². The summed E-state index contributed by atoms with van der Waals surface area (Å²) in [6, 6.07) is -0.832. The minimum atomic E-state index is -0.991. The average Bonchev–Trinajstić information content (AvgIpc) is 2.15. The van der Waals surface area contributed by atoms with Crippen LogP contribution in [0.1, 0.15) is 20.3 Å². The van der Waals surface area contributed by atoms with Gasteiger partial charge >= 0.3 is 5.97 Å². The highest BCUT2D eigenvalue weighted by Crippen LogP contribution is 1.93. The van der Waals surface area contributed by atoms with Gasteiger partial charge in [-0.25, -0.2) is 0 Å². The summed E-state index contributed by atoms with van der Waals surface area (Å²) in [5.41, 5.74) is 5.29. The van der Waals surface area contributed by atoms with Crippen molar-refractivity contribution >= 4 is 5.97 Å². The van der Waals surface area contributed by atoms with E-state index in [1.807, 2.05) is 0 Å². The van der Waals surface area contributed by atoms with E-state index in [9.17, 15) is 4.79 Å². The molecule has 0 bridgehead atoms. The maximum absolute atomic E-state index is 10.3. The molecule has 0 aromatic carbocycles. The SMILES string of the molecule is CC(C)COCCOCCC(N)C(=O)O. The van der Waals surface area contributed by atoms with Crippen molar-refractivity contribution in [2.24, 2.45) is 11.7 Å². The van der Waals surface area contributed by atoms with Gasteiger partial charge in [-0.05, 0) is 12.3 Å². The molecule has 0 aromatic heterocycles. The van der Waals surface area contributed by atoms with Crippen LogP contribution >= 0.6 is 0 Å². The Balaban J connectivity index is 3.15. The van der Waals surface area contributed by atoms with Crippen LogP contribution in [0.3, 0.4) is 0 Å². The first-order valence-electron chi connectivity index (χ1n) is 5.18. The fourth-order valence-corrected chi connectivity index (χ4v) is 0.873. The summed E-state index contributed by atoms with van der Waals surface area (Å²) in [7, 11) is 0. The molecule has 5 nitrogen and oxygen atoms in total. The van der Waals surface area contributed by atoms with Crippen LogP contribution in [0.5, 0.6) is 0 Å². The smallest absolute Gasteiger partial charge is 0.320 e. The van der Waals surface area contributed by atoms with Gasteiger partial charge in [0.25, 0.3) is 0 Å². The zero-order valence-corrected chi connectivity index (χ0v) is 9.44. The van der Waals surface area contributed by atoms with Crippen LogP contribution in [-0.2, 0) is 14.3 Å². The van der Waals surface area contributed by atoms with Crippen molar-refractivity contribution in [1.29, 1.82) is 0 Å². The number of hydrogen-bond donors (Lipinski definition) is 2. The molecule has 0 amide bonds. The monoisotopic (exact) mass is 219 g/mol. The summed E-state index contributed by atoms with van der Waals surface area (Å²) in [6.45, 7) is 6.26. The van der Waals surface area contributed by atoms with E-state index >= 15 is 0 Å². The summed E-state index contributed by atoms with van der Waals surface area (Å²) >= 11 is 0. The first kappa shape index (κ1) is 14.3. The molecule has 0 aliphatic heterocycles. The Bertz CT molecular complexity index is 173. The Kier molecular flexibility index (Phi) is 8.27. The number of aliphatic carboxylic acids is 1. The van der Waals surface area contributed by atoms with Gasteiger partial charge in [0.2, 0.25) is 0 Å². The standard InChI is InChI=1S/C10H21NO4/c1-8(2)7-15-6-5-14-4-3-9(11)10(12)13/h8-9H,3-7,11H2,1-2H3,(H,12,13). The lowest BCUT2D eigenvalue weighted by atomic mass is 10.2. The van der Waals surface area contributed by atoms with Crippen LogP contribution in [0.15, 0.2) is 0 Å². The predicted molar refractivity (Wildman–Crippen MR) is 56.7 cm³/mol. The fourth-order valence-electron chi connectivity index (χ4n) is 0.873. The van der Waals surface area contributed by atoms with Gasteiger partial charge in [-0.2, -0.15) is 0 Å². The molecule has 0 saturated heterocycles. The molecule has 0 fully saturated rings. The fraction of sp³-hybridized carbons (Fsp3) is 0.900. The Morgan fingerprint density at radius 1 is 1.27 bits per heavy atom. The lowest BCUT2D eigenvalue weighted by Gasteiger charge is -2.08. The Morgan fingerprint density at radius 2 is 1.87 bits per heavy atom. The molecule has 3 N–H and O–H groups in total. The van der Waals surface area contributed by atoms with Gasteiger partial charge in [-0.1, -0.05) is 13.8 Å². The van der Waals surface area contributed by atoms with E-state index in [-0.39, 0.29) is 0 Å². The topological polar surface area (TPSA) is 81.8 Å². The molecule has 0 radical (unpaired) electrons. The average molecular weight is 219 g/mol. The third kappa shape index (κ3) is 9.65. The maximum Gasteiger partial charge on any atom is 0.320 e. The van der Waals surface area contributed by atoms with Crippen LogP contribution in [0, 0.1) is 5.92 Å². The maximum atomic E-state index is 10.3. The second kappa shape index (κ2) is 8.64. The molecule has 0 aliphatic rings. The van der Waals surface area contributed by atoms with E-state index < -0.39 is 12.0 Å². The molecule has 90 valence electrons. The molecule has 1 unspecified atom stereocenters. The lowest BCUT2D eigenvalue weighted by Crippen LogP contribution is -2.31. The van der Waals surface area contributed by atoms with Crippen LogP contribution < -0.4 is 5.73 Å². The molecular formula is C10H21NO4. The highest BCUT2D eigenvalue weighted by Gasteiger charge is 2.10. The van der Waals surface area contributed by atoms with Gasteiger partial charge in [0, 0.05) is 13.2 Å². The molecule has 0 saturated carbocycles. The van der Waals surface area contributed by atoms with Crippen molar-refractivity contribution in [3.8, 4) is 0 Å². The van der Waals surface area contributed by atoms with Gasteiger partial charge in [-0.3, -0.25) is 4.79 Å². The second-order valence-corrected chi connectivity index (χ2v) is 3.81. The molecule has 0 aliphatic carbocycles. The molecule has 0 spiro atoms. The van der Waals surface area contributed by atoms with Crippen LogP contribution in [0.25, 0.3) is 0 Å². The van der Waals surface area contributed by atoms with Crippen molar-refractivity contribution in [1.82, 2.24) is 0 Å². The van der Waals surface area contributed by atoms with Crippen molar-refractivity contribution < 1.29 is 19.4 Å². The summed E-state index contributed by atoms with van der Waals surface area (Å²) in [6.07, 6.45) is 0.333. The van der Waals surface area contributed by atoms with E-state index in [1.54, 1.807) is 0 Å². The number of hydrogen-bond acceptors (Lipinski definition) is 4. The van der Waals surface area contributed by atoms with E-state index in [0.29, 0.717) is 32.2 Å². The minimum absolute atomic E-state index is 0.333. The number of carbonyl (C=O) groups is 1. The molecule has 5 heteroatoms. The van der Waals surface area contributed by atoms with Crippen LogP contribution in [-0.4, -0.2) is 43.5 Å². The first-order chi connectivity index (χ1) is 7.04. The summed E-state index contributed by atoms with van der Waals surface area (Å²) in [4.78, 5) is 10.3. The van der Waals surface area contributed by atoms with Crippen LogP contribution in [0.2, 0.25) is 0 Å². The summed E-state index contributed by atoms with van der Waals surface area (Å²) in [5.74, 6) is -0.472. The number of nitrogens with two attached hydrogens (primary N) is 1. The predicted octanol–water partition coefficient (Wildman–Crippen LogP) is 0.478. The van der Waals surface area contributed by atoms with Gasteiger partial charge in [-0.15, -0.1) is 0 Å². The van der Waals surface area contributed by atoms with Gasteiger partial charge in [0.15, 0.2) is 0 Å². The Labute approximate surface area is 90.5 Å². The highest BCUT2D eigenvalue weighted by molar-refractivity contribution is 5.72. The molecule has 1 atom stereocenters. The molecule has 0 rings (SSSR count). The quantitative estimate of drug-likeness (QED) is 0.551. The van der Waals surface area contributed by atoms with E-state index in [1.165, 1.54) is 0 Å². The Hall–Kier alpha value is -0.650. The van der Waals surface area contributed by atoms with Gasteiger partial charge in [0.05, 0.1) is 13.2 Å². The van der Waals surface area contributed by atoms with Crippen LogP contribution in [0.4, 0.5) is 0 Å². The largest absolute Gasteiger partial charge is 0.480 e. The number of carboxylic acids is 1. The third-order valence-corrected chi connectivity index (χ3v) is 1.71. The van der Waals surface area contributed by atoms with Crippen molar-refractivity contribution in [3.05, 3.63) is 0 Å². The highest BCUT2D eigenvalue weighted by atomic mass is 16.5. The minimum Gasteiger partial charge on any atom is -0.480 e.